The van der Waals surface area contributed by atoms with E-state index in [1.54, 1.807) is 29.1 Å². The van der Waals surface area contributed by atoms with Gasteiger partial charge in [0.25, 0.3) is 11.5 Å². The minimum atomic E-state index is -0.176. The molecule has 192 valence electrons. The van der Waals surface area contributed by atoms with Crippen LogP contribution in [0.1, 0.15) is 29.8 Å². The zero-order valence-corrected chi connectivity index (χ0v) is 21.0. The van der Waals surface area contributed by atoms with Gasteiger partial charge in [0, 0.05) is 33.8 Å². The molecule has 2 aromatic carbocycles. The first-order valence-electron chi connectivity index (χ1n) is 12.5. The van der Waals surface area contributed by atoms with Gasteiger partial charge in [0.1, 0.15) is 17.9 Å². The number of carbonyl (C=O) groups is 1. The van der Waals surface area contributed by atoms with Crippen molar-refractivity contribution in [3.8, 4) is 34.0 Å². The van der Waals surface area contributed by atoms with Gasteiger partial charge in [-0.25, -0.2) is 4.98 Å². The molecule has 5 heterocycles. The van der Waals surface area contributed by atoms with Gasteiger partial charge in [-0.3, -0.25) is 9.59 Å². The molecule has 11 nitrogen and oxygen atoms in total. The fourth-order valence-electron chi connectivity index (χ4n) is 5.87. The van der Waals surface area contributed by atoms with Gasteiger partial charge in [0.2, 0.25) is 0 Å². The number of ether oxygens (including phenoxy) is 1. The number of aromatic nitrogens is 7. The summed E-state index contributed by atoms with van der Waals surface area (Å²) in [4.78, 5) is 33.2. The molecule has 3 atom stereocenters. The van der Waals surface area contributed by atoms with Crippen molar-refractivity contribution in [2.24, 2.45) is 5.92 Å². The van der Waals surface area contributed by atoms with Gasteiger partial charge >= 0.3 is 0 Å². The summed E-state index contributed by atoms with van der Waals surface area (Å²) in [5.74, 6) is 1.72. The summed E-state index contributed by atoms with van der Waals surface area (Å²) in [6.07, 6.45) is 4.32. The number of nitrogens with one attached hydrogen (secondary N) is 2. The molecule has 5 aromatic rings. The van der Waals surface area contributed by atoms with Crippen LogP contribution in [0.15, 0.2) is 65.8 Å². The zero-order valence-electron chi connectivity index (χ0n) is 20.2. The number of H-pyrrole nitrogens is 1. The molecule has 1 aliphatic carbocycles. The molecule has 3 unspecified atom stereocenters. The van der Waals surface area contributed by atoms with Crippen molar-refractivity contribution in [3.05, 3.63) is 87.8 Å². The van der Waals surface area contributed by atoms with Gasteiger partial charge in [0.15, 0.2) is 6.61 Å². The molecule has 2 N–H and O–H groups in total. The number of halogens is 1. The third-order valence-corrected chi connectivity index (χ3v) is 7.90. The Kier molecular flexibility index (Phi) is 4.63. The van der Waals surface area contributed by atoms with Crippen LogP contribution >= 0.6 is 11.6 Å². The number of amides is 1. The first-order chi connectivity index (χ1) is 19.0. The topological polar surface area (TPSA) is 133 Å². The Morgan fingerprint density at radius 2 is 1.97 bits per heavy atom. The summed E-state index contributed by atoms with van der Waals surface area (Å²) in [6.45, 7) is -0.0148. The maximum atomic E-state index is 13.6. The number of carbonyl (C=O) groups excluding carboxylic acids is 1. The van der Waals surface area contributed by atoms with Gasteiger partial charge in [-0.1, -0.05) is 11.6 Å². The van der Waals surface area contributed by atoms with E-state index in [0.717, 1.165) is 40.2 Å². The Morgan fingerprint density at radius 3 is 2.85 bits per heavy atom. The molecule has 0 radical (unpaired) electrons. The molecule has 1 fully saturated rings. The molecule has 3 aromatic heterocycles. The molecule has 39 heavy (non-hydrogen) atoms. The second kappa shape index (κ2) is 8.11. The van der Waals surface area contributed by atoms with Crippen molar-refractivity contribution < 1.29 is 9.53 Å². The predicted molar refractivity (Wildman–Crippen MR) is 141 cm³/mol. The normalized spacial score (nSPS) is 20.5. The van der Waals surface area contributed by atoms with E-state index in [-0.39, 0.29) is 24.1 Å². The first kappa shape index (κ1) is 22.2. The first-order valence-corrected chi connectivity index (χ1v) is 12.8. The highest BCUT2D eigenvalue weighted by molar-refractivity contribution is 6.31. The van der Waals surface area contributed by atoms with Crippen molar-refractivity contribution in [3.63, 3.8) is 0 Å². The van der Waals surface area contributed by atoms with Crippen LogP contribution in [0.5, 0.6) is 5.75 Å². The van der Waals surface area contributed by atoms with Crippen molar-refractivity contribution in [2.75, 3.05) is 11.9 Å². The van der Waals surface area contributed by atoms with Crippen LogP contribution in [-0.4, -0.2) is 47.3 Å². The van der Waals surface area contributed by atoms with Crippen LogP contribution in [0.4, 0.5) is 5.69 Å². The van der Waals surface area contributed by atoms with Crippen LogP contribution in [0, 0.1) is 5.92 Å². The number of rotatable bonds is 4. The Balaban J connectivity index is 1.17. The largest absolute Gasteiger partial charge is 0.482 e. The molecule has 0 saturated heterocycles. The monoisotopic (exact) mass is 538 g/mol. The SMILES string of the molecule is O=C1COc2cc(-c3ncc(C4C5CC5c5cc(-c6cc(Cl)ccc6-n6cnnn6)cc(=O)n54)[nH]3)ccc2N1. The van der Waals surface area contributed by atoms with E-state index >= 15 is 0 Å². The van der Waals surface area contributed by atoms with Crippen LogP contribution in [-0.2, 0) is 4.79 Å². The molecule has 0 bridgehead atoms. The lowest BCUT2D eigenvalue weighted by atomic mass is 10.0. The lowest BCUT2D eigenvalue weighted by Gasteiger charge is -2.19. The van der Waals surface area contributed by atoms with Gasteiger partial charge in [0.05, 0.1) is 29.3 Å². The van der Waals surface area contributed by atoms with Crippen molar-refractivity contribution in [1.82, 2.24) is 34.7 Å². The lowest BCUT2D eigenvalue weighted by molar-refractivity contribution is -0.118. The summed E-state index contributed by atoms with van der Waals surface area (Å²) in [6, 6.07) is 14.6. The van der Waals surface area contributed by atoms with E-state index in [1.807, 2.05) is 28.8 Å². The number of imidazole rings is 1. The van der Waals surface area contributed by atoms with Gasteiger partial charge in [-0.15, -0.1) is 5.10 Å². The quantitative estimate of drug-likeness (QED) is 0.357. The number of aromatic amines is 1. The van der Waals surface area contributed by atoms with Gasteiger partial charge < -0.3 is 19.6 Å². The second-order valence-corrected chi connectivity index (χ2v) is 10.4. The maximum Gasteiger partial charge on any atom is 0.262 e. The highest BCUT2D eigenvalue weighted by Crippen LogP contribution is 2.60. The minimum Gasteiger partial charge on any atom is -0.482 e. The van der Waals surface area contributed by atoms with Crippen LogP contribution < -0.4 is 15.6 Å². The third kappa shape index (κ3) is 3.50. The van der Waals surface area contributed by atoms with Crippen molar-refractivity contribution >= 4 is 23.2 Å². The van der Waals surface area contributed by atoms with Crippen LogP contribution in [0.3, 0.4) is 0 Å². The maximum absolute atomic E-state index is 13.6. The van der Waals surface area contributed by atoms with E-state index in [1.165, 1.54) is 6.33 Å². The molecular weight excluding hydrogens is 520 g/mol. The van der Waals surface area contributed by atoms with E-state index < -0.39 is 0 Å². The summed E-state index contributed by atoms with van der Waals surface area (Å²) < 4.78 is 9.00. The highest BCUT2D eigenvalue weighted by atomic mass is 35.5. The Bertz CT molecular complexity index is 1860. The molecule has 12 heteroatoms. The number of benzene rings is 2. The third-order valence-electron chi connectivity index (χ3n) is 7.67. The Labute approximate surface area is 225 Å². The molecule has 3 aliphatic rings. The smallest absolute Gasteiger partial charge is 0.262 e. The van der Waals surface area contributed by atoms with Gasteiger partial charge in [-0.2, -0.15) is 4.68 Å². The predicted octanol–water partition coefficient (Wildman–Crippen LogP) is 3.57. The zero-order chi connectivity index (χ0) is 26.2. The standard InChI is InChI=1S/C27H19ClN8O3/c28-15-2-4-21(35-12-30-33-34-35)16(8-15)14-5-22-17-9-18(17)26(36(22)25(38)7-14)20-10-29-27(32-20)13-1-3-19-23(6-13)39-11-24(37)31-19/h1-8,10,12,17-18,26H,9,11H2,(H,29,32)(H,31,37). The molecule has 1 amide bonds. The van der Waals surface area contributed by atoms with Gasteiger partial charge in [-0.05, 0) is 70.8 Å². The fourth-order valence-corrected chi connectivity index (χ4v) is 6.04. The number of fused-ring (bicyclic) bond motifs is 4. The Hall–Kier alpha value is -4.77. The summed E-state index contributed by atoms with van der Waals surface area (Å²) in [5.41, 5.74) is 5.57. The molecule has 8 rings (SSSR count). The summed E-state index contributed by atoms with van der Waals surface area (Å²) in [5, 5.41) is 14.9. The number of tetrazole rings is 1. The Morgan fingerprint density at radius 1 is 1.05 bits per heavy atom. The number of hydrogen-bond donors (Lipinski definition) is 2. The minimum absolute atomic E-state index is 0.0148. The number of nitrogens with zero attached hydrogens (tertiary/aromatic N) is 6. The fraction of sp³-hybridized carbons (Fsp3) is 0.185. The van der Waals surface area contributed by atoms with Crippen LogP contribution in [0.2, 0.25) is 5.02 Å². The van der Waals surface area contributed by atoms with Crippen LogP contribution in [0.25, 0.3) is 28.2 Å². The molecular formula is C27H19ClN8O3. The van der Waals surface area contributed by atoms with Crippen molar-refractivity contribution in [1.29, 1.82) is 0 Å². The highest BCUT2D eigenvalue weighted by Gasteiger charge is 2.53. The van der Waals surface area contributed by atoms with E-state index in [4.69, 9.17) is 16.3 Å². The second-order valence-electron chi connectivity index (χ2n) is 9.98. The van der Waals surface area contributed by atoms with E-state index in [9.17, 15) is 9.59 Å². The molecule has 1 saturated carbocycles. The number of hydrogen-bond acceptors (Lipinski definition) is 7. The lowest BCUT2D eigenvalue weighted by Crippen LogP contribution is -2.26. The number of pyridine rings is 1. The van der Waals surface area contributed by atoms with Crippen molar-refractivity contribution in [2.45, 2.75) is 18.4 Å². The molecule has 2 aliphatic heterocycles. The molecule has 0 spiro atoms. The summed E-state index contributed by atoms with van der Waals surface area (Å²) >= 11 is 6.34. The average Bonchev–Trinajstić information content (AvgIpc) is 3.28. The average molecular weight is 539 g/mol. The van der Waals surface area contributed by atoms with E-state index in [2.05, 4.69) is 36.9 Å². The number of anilines is 1. The van der Waals surface area contributed by atoms with E-state index in [0.29, 0.717) is 34.1 Å². The summed E-state index contributed by atoms with van der Waals surface area (Å²) in [7, 11) is 0.